The Kier molecular flexibility index (Phi) is 3.79. The number of carbonyl (C=O) groups excluding carboxylic acids is 1. The van der Waals surface area contributed by atoms with Crippen molar-refractivity contribution in [3.05, 3.63) is 28.2 Å². The Bertz CT molecular complexity index is 525. The number of nitrogens with two attached hydrogens (primary N) is 1. The normalized spacial score (nSPS) is 17.5. The zero-order valence-electron chi connectivity index (χ0n) is 10.2. The SMILES string of the molecule is N/C(=N/O)C1CCN(C(=O)c2ccc(=O)[nH]n2)CC1. The van der Waals surface area contributed by atoms with Crippen molar-refractivity contribution in [1.29, 1.82) is 0 Å². The molecule has 1 aliphatic rings. The first-order chi connectivity index (χ1) is 9.11. The summed E-state index contributed by atoms with van der Waals surface area (Å²) in [7, 11) is 0. The highest BCUT2D eigenvalue weighted by Gasteiger charge is 2.26. The first-order valence-corrected chi connectivity index (χ1v) is 5.94. The molecule has 1 amide bonds. The predicted octanol–water partition coefficient (Wildman–Crippen LogP) is -0.632. The number of hydrogen-bond acceptors (Lipinski definition) is 5. The second-order valence-electron chi connectivity index (χ2n) is 4.40. The molecule has 1 aliphatic heterocycles. The van der Waals surface area contributed by atoms with Gasteiger partial charge in [0.1, 0.15) is 11.5 Å². The summed E-state index contributed by atoms with van der Waals surface area (Å²) in [6.45, 7) is 1.03. The fourth-order valence-corrected chi connectivity index (χ4v) is 2.09. The van der Waals surface area contributed by atoms with E-state index in [1.54, 1.807) is 4.90 Å². The lowest BCUT2D eigenvalue weighted by atomic mass is 9.95. The Morgan fingerprint density at radius 3 is 2.68 bits per heavy atom. The molecule has 2 rings (SSSR count). The molecule has 0 aromatic carbocycles. The van der Waals surface area contributed by atoms with Gasteiger partial charge in [0.15, 0.2) is 0 Å². The molecule has 0 bridgehead atoms. The van der Waals surface area contributed by atoms with Crippen LogP contribution >= 0.6 is 0 Å². The van der Waals surface area contributed by atoms with Crippen LogP contribution in [0.4, 0.5) is 0 Å². The van der Waals surface area contributed by atoms with Gasteiger partial charge < -0.3 is 15.8 Å². The third-order valence-electron chi connectivity index (χ3n) is 3.21. The van der Waals surface area contributed by atoms with Crippen molar-refractivity contribution in [1.82, 2.24) is 15.1 Å². The van der Waals surface area contributed by atoms with Gasteiger partial charge in [0.2, 0.25) is 0 Å². The lowest BCUT2D eigenvalue weighted by Crippen LogP contribution is -2.42. The van der Waals surface area contributed by atoms with Crippen molar-refractivity contribution in [2.24, 2.45) is 16.8 Å². The second-order valence-corrected chi connectivity index (χ2v) is 4.40. The van der Waals surface area contributed by atoms with Gasteiger partial charge in [-0.1, -0.05) is 5.16 Å². The molecule has 0 saturated carbocycles. The molecule has 0 spiro atoms. The summed E-state index contributed by atoms with van der Waals surface area (Å²) >= 11 is 0. The second kappa shape index (κ2) is 5.51. The Morgan fingerprint density at radius 2 is 2.16 bits per heavy atom. The minimum Gasteiger partial charge on any atom is -0.409 e. The maximum Gasteiger partial charge on any atom is 0.274 e. The smallest absolute Gasteiger partial charge is 0.274 e. The summed E-state index contributed by atoms with van der Waals surface area (Å²) in [4.78, 5) is 24.6. The van der Waals surface area contributed by atoms with Crippen LogP contribution < -0.4 is 11.3 Å². The predicted molar refractivity (Wildman–Crippen MR) is 66.9 cm³/mol. The summed E-state index contributed by atoms with van der Waals surface area (Å²) in [5.74, 6) is -0.0268. The summed E-state index contributed by atoms with van der Waals surface area (Å²) in [5.41, 5.74) is 5.41. The van der Waals surface area contributed by atoms with Gasteiger partial charge in [-0.25, -0.2) is 5.10 Å². The molecule has 1 aromatic rings. The summed E-state index contributed by atoms with van der Waals surface area (Å²) < 4.78 is 0. The third-order valence-corrected chi connectivity index (χ3v) is 3.21. The van der Waals surface area contributed by atoms with E-state index in [2.05, 4.69) is 15.4 Å². The molecule has 102 valence electrons. The molecule has 19 heavy (non-hydrogen) atoms. The zero-order chi connectivity index (χ0) is 13.8. The molecule has 4 N–H and O–H groups in total. The van der Waals surface area contributed by atoms with E-state index in [1.807, 2.05) is 0 Å². The first kappa shape index (κ1) is 13.1. The first-order valence-electron chi connectivity index (χ1n) is 5.94. The van der Waals surface area contributed by atoms with Crippen molar-refractivity contribution in [3.8, 4) is 0 Å². The fourth-order valence-electron chi connectivity index (χ4n) is 2.09. The van der Waals surface area contributed by atoms with Gasteiger partial charge in [0, 0.05) is 25.1 Å². The van der Waals surface area contributed by atoms with Crippen molar-refractivity contribution in [2.45, 2.75) is 12.8 Å². The summed E-state index contributed by atoms with van der Waals surface area (Å²) in [6, 6.07) is 2.67. The average Bonchev–Trinajstić information content (AvgIpc) is 2.46. The number of nitrogens with one attached hydrogen (secondary N) is 1. The number of oxime groups is 1. The maximum absolute atomic E-state index is 12.1. The van der Waals surface area contributed by atoms with Crippen LogP contribution in [0.3, 0.4) is 0 Å². The van der Waals surface area contributed by atoms with Crippen LogP contribution in [0, 0.1) is 5.92 Å². The average molecular weight is 265 g/mol. The number of carbonyl (C=O) groups is 1. The molecule has 2 heterocycles. The van der Waals surface area contributed by atoms with Gasteiger partial charge in [0.05, 0.1) is 0 Å². The van der Waals surface area contributed by atoms with E-state index in [9.17, 15) is 9.59 Å². The van der Waals surface area contributed by atoms with E-state index in [1.165, 1.54) is 12.1 Å². The standard InChI is InChI=1S/C11H15N5O3/c12-10(15-19)7-3-5-16(6-4-7)11(18)8-1-2-9(17)14-13-8/h1-2,7,19H,3-6H2,(H2,12,15)(H,14,17). The van der Waals surface area contributed by atoms with Crippen LogP contribution in [0.5, 0.6) is 0 Å². The Balaban J connectivity index is 2.00. The van der Waals surface area contributed by atoms with Gasteiger partial charge in [-0.2, -0.15) is 5.10 Å². The van der Waals surface area contributed by atoms with Gasteiger partial charge in [-0.15, -0.1) is 0 Å². The third kappa shape index (κ3) is 2.90. The molecule has 1 aromatic heterocycles. The fraction of sp³-hybridized carbons (Fsp3) is 0.455. The highest BCUT2D eigenvalue weighted by molar-refractivity contribution is 5.92. The number of amidine groups is 1. The molecule has 0 atom stereocenters. The number of rotatable bonds is 2. The van der Waals surface area contributed by atoms with Crippen LogP contribution in [-0.2, 0) is 0 Å². The van der Waals surface area contributed by atoms with E-state index in [4.69, 9.17) is 10.9 Å². The number of likely N-dealkylation sites (tertiary alicyclic amines) is 1. The molecule has 0 radical (unpaired) electrons. The van der Waals surface area contributed by atoms with Crippen LogP contribution in [0.25, 0.3) is 0 Å². The molecule has 0 unspecified atom stereocenters. The monoisotopic (exact) mass is 265 g/mol. The molecule has 8 heteroatoms. The number of hydrogen-bond donors (Lipinski definition) is 3. The van der Waals surface area contributed by atoms with Crippen LogP contribution in [0.1, 0.15) is 23.3 Å². The molecular formula is C11H15N5O3. The molecule has 1 fully saturated rings. The van der Waals surface area contributed by atoms with E-state index in [0.717, 1.165) is 0 Å². The lowest BCUT2D eigenvalue weighted by molar-refractivity contribution is 0.0701. The van der Waals surface area contributed by atoms with Gasteiger partial charge in [-0.05, 0) is 18.9 Å². The zero-order valence-corrected chi connectivity index (χ0v) is 10.2. The van der Waals surface area contributed by atoms with Crippen LogP contribution in [0.15, 0.2) is 22.1 Å². The van der Waals surface area contributed by atoms with Crippen LogP contribution in [0.2, 0.25) is 0 Å². The molecular weight excluding hydrogens is 250 g/mol. The van der Waals surface area contributed by atoms with E-state index < -0.39 is 0 Å². The molecule has 1 saturated heterocycles. The highest BCUT2D eigenvalue weighted by Crippen LogP contribution is 2.18. The van der Waals surface area contributed by atoms with E-state index in [0.29, 0.717) is 25.9 Å². The summed E-state index contributed by atoms with van der Waals surface area (Å²) in [5, 5.41) is 17.5. The number of nitrogens with zero attached hydrogens (tertiary/aromatic N) is 3. The van der Waals surface area contributed by atoms with Gasteiger partial charge in [-0.3, -0.25) is 9.59 Å². The van der Waals surface area contributed by atoms with Crippen molar-refractivity contribution >= 4 is 11.7 Å². The maximum atomic E-state index is 12.1. The van der Waals surface area contributed by atoms with Crippen molar-refractivity contribution in [3.63, 3.8) is 0 Å². The Labute approximate surface area is 108 Å². The van der Waals surface area contributed by atoms with Crippen molar-refractivity contribution < 1.29 is 10.0 Å². The van der Waals surface area contributed by atoms with Crippen LogP contribution in [-0.4, -0.2) is 45.1 Å². The quantitative estimate of drug-likeness (QED) is 0.284. The topological polar surface area (TPSA) is 125 Å². The molecule has 0 aliphatic carbocycles. The number of piperidine rings is 1. The van der Waals surface area contributed by atoms with E-state index in [-0.39, 0.29) is 28.9 Å². The molecule has 8 nitrogen and oxygen atoms in total. The Hall–Kier alpha value is -2.38. The highest BCUT2D eigenvalue weighted by atomic mass is 16.4. The number of aromatic amines is 1. The minimum atomic E-state index is -0.345. The Morgan fingerprint density at radius 1 is 1.47 bits per heavy atom. The van der Waals surface area contributed by atoms with E-state index >= 15 is 0 Å². The lowest BCUT2D eigenvalue weighted by Gasteiger charge is -2.30. The van der Waals surface area contributed by atoms with Crippen molar-refractivity contribution in [2.75, 3.05) is 13.1 Å². The van der Waals surface area contributed by atoms with Gasteiger partial charge in [0.25, 0.3) is 11.5 Å². The number of aromatic nitrogens is 2. The number of amides is 1. The largest absolute Gasteiger partial charge is 0.409 e. The van der Waals surface area contributed by atoms with Gasteiger partial charge >= 0.3 is 0 Å². The number of H-pyrrole nitrogens is 1. The minimum absolute atomic E-state index is 0.00223. The summed E-state index contributed by atoms with van der Waals surface area (Å²) in [6.07, 6.45) is 1.29.